The summed E-state index contributed by atoms with van der Waals surface area (Å²) < 4.78 is 11.3. The molecule has 4 nitrogen and oxygen atoms in total. The summed E-state index contributed by atoms with van der Waals surface area (Å²) >= 11 is 0. The minimum atomic E-state index is 0.169. The molecule has 3 rings (SSSR count). The first-order valence-electron chi connectivity index (χ1n) is 6.14. The van der Waals surface area contributed by atoms with Crippen LogP contribution in [0.4, 0.5) is 5.69 Å². The van der Waals surface area contributed by atoms with Crippen molar-refractivity contribution in [2.45, 2.75) is 6.92 Å². The number of para-hydroxylation sites is 1. The number of benzene rings is 2. The number of hydrogen-bond acceptors (Lipinski definition) is 4. The smallest absolute Gasteiger partial charge is 0.247 e. The van der Waals surface area contributed by atoms with Gasteiger partial charge in [-0.3, -0.25) is 0 Å². The SMILES string of the molecule is Cc1cc(N)ccc1Oc1c(C#N)oc2ccccc12. The predicted octanol–water partition coefficient (Wildman–Crippen LogP) is 3.99. The van der Waals surface area contributed by atoms with Crippen LogP contribution in [0.2, 0.25) is 0 Å². The van der Waals surface area contributed by atoms with E-state index in [1.54, 1.807) is 18.2 Å². The second-order valence-corrected chi connectivity index (χ2v) is 4.50. The molecule has 0 unspecified atom stereocenters. The highest BCUT2D eigenvalue weighted by Gasteiger charge is 2.16. The van der Waals surface area contributed by atoms with Crippen molar-refractivity contribution in [1.29, 1.82) is 5.26 Å². The molecule has 2 N–H and O–H groups in total. The van der Waals surface area contributed by atoms with E-state index in [1.165, 1.54) is 0 Å². The van der Waals surface area contributed by atoms with Crippen molar-refractivity contribution in [3.05, 3.63) is 53.8 Å². The Kier molecular flexibility index (Phi) is 2.81. The van der Waals surface area contributed by atoms with Gasteiger partial charge in [-0.25, -0.2) is 0 Å². The van der Waals surface area contributed by atoms with Crippen molar-refractivity contribution >= 4 is 16.7 Å². The number of nitriles is 1. The molecule has 0 fully saturated rings. The fraction of sp³-hybridized carbons (Fsp3) is 0.0625. The molecular weight excluding hydrogens is 252 g/mol. The molecule has 0 aliphatic rings. The summed E-state index contributed by atoms with van der Waals surface area (Å²) in [5.74, 6) is 1.26. The maximum Gasteiger partial charge on any atom is 0.247 e. The summed E-state index contributed by atoms with van der Waals surface area (Å²) in [5.41, 5.74) is 7.93. The molecule has 20 heavy (non-hydrogen) atoms. The molecular formula is C16H12N2O2. The van der Waals surface area contributed by atoms with Crippen LogP contribution < -0.4 is 10.5 Å². The zero-order chi connectivity index (χ0) is 14.1. The van der Waals surface area contributed by atoms with Crippen molar-refractivity contribution in [2.24, 2.45) is 0 Å². The summed E-state index contributed by atoms with van der Waals surface area (Å²) in [6, 6.07) is 14.8. The molecule has 2 aromatic carbocycles. The third kappa shape index (κ3) is 1.95. The van der Waals surface area contributed by atoms with Crippen LogP contribution in [0, 0.1) is 18.3 Å². The number of furan rings is 1. The molecule has 98 valence electrons. The topological polar surface area (TPSA) is 72.2 Å². The molecule has 1 aromatic heterocycles. The van der Waals surface area contributed by atoms with Crippen LogP contribution in [0.25, 0.3) is 11.0 Å². The van der Waals surface area contributed by atoms with Gasteiger partial charge in [-0.1, -0.05) is 12.1 Å². The lowest BCUT2D eigenvalue weighted by Crippen LogP contribution is -1.91. The quantitative estimate of drug-likeness (QED) is 0.710. The van der Waals surface area contributed by atoms with Crippen molar-refractivity contribution in [3.63, 3.8) is 0 Å². The first-order valence-corrected chi connectivity index (χ1v) is 6.14. The maximum absolute atomic E-state index is 9.17. The zero-order valence-electron chi connectivity index (χ0n) is 10.9. The molecule has 0 bridgehead atoms. The number of nitrogen functional groups attached to an aromatic ring is 1. The Labute approximate surface area is 116 Å². The Hall–Kier alpha value is -2.93. The van der Waals surface area contributed by atoms with E-state index in [0.29, 0.717) is 22.8 Å². The summed E-state index contributed by atoms with van der Waals surface area (Å²) in [7, 11) is 0. The molecule has 0 spiro atoms. The fourth-order valence-electron chi connectivity index (χ4n) is 2.09. The van der Waals surface area contributed by atoms with E-state index in [1.807, 2.05) is 37.3 Å². The Morgan fingerprint density at radius 2 is 2.00 bits per heavy atom. The molecule has 0 aliphatic carbocycles. The van der Waals surface area contributed by atoms with E-state index in [2.05, 4.69) is 0 Å². The molecule has 1 heterocycles. The Balaban J connectivity index is 2.12. The van der Waals surface area contributed by atoms with Crippen molar-refractivity contribution in [3.8, 4) is 17.6 Å². The van der Waals surface area contributed by atoms with Crippen LogP contribution in [0.3, 0.4) is 0 Å². The number of rotatable bonds is 2. The van der Waals surface area contributed by atoms with Gasteiger partial charge in [0.25, 0.3) is 0 Å². The highest BCUT2D eigenvalue weighted by Crippen LogP contribution is 2.37. The third-order valence-corrected chi connectivity index (χ3v) is 3.06. The van der Waals surface area contributed by atoms with Gasteiger partial charge < -0.3 is 14.9 Å². The maximum atomic E-state index is 9.17. The second kappa shape index (κ2) is 4.63. The number of nitrogens with zero attached hydrogens (tertiary/aromatic N) is 1. The fourth-order valence-corrected chi connectivity index (χ4v) is 2.09. The third-order valence-electron chi connectivity index (χ3n) is 3.06. The molecule has 3 aromatic rings. The van der Waals surface area contributed by atoms with E-state index in [9.17, 15) is 0 Å². The number of fused-ring (bicyclic) bond motifs is 1. The number of hydrogen-bond donors (Lipinski definition) is 1. The van der Waals surface area contributed by atoms with Crippen LogP contribution in [0.5, 0.6) is 11.5 Å². The Bertz CT molecular complexity index is 828. The molecule has 0 aliphatic heterocycles. The largest absolute Gasteiger partial charge is 0.452 e. The van der Waals surface area contributed by atoms with Gasteiger partial charge in [-0.2, -0.15) is 5.26 Å². The van der Waals surface area contributed by atoms with Gasteiger partial charge in [0, 0.05) is 5.69 Å². The van der Waals surface area contributed by atoms with Gasteiger partial charge in [0.1, 0.15) is 17.4 Å². The van der Waals surface area contributed by atoms with E-state index in [-0.39, 0.29) is 5.76 Å². The van der Waals surface area contributed by atoms with Crippen LogP contribution in [-0.2, 0) is 0 Å². The summed E-state index contributed by atoms with van der Waals surface area (Å²) in [6.07, 6.45) is 0. The minimum absolute atomic E-state index is 0.169. The van der Waals surface area contributed by atoms with Crippen molar-refractivity contribution < 1.29 is 9.15 Å². The molecule has 0 atom stereocenters. The second-order valence-electron chi connectivity index (χ2n) is 4.50. The van der Waals surface area contributed by atoms with Gasteiger partial charge in [0.2, 0.25) is 5.76 Å². The van der Waals surface area contributed by atoms with Gasteiger partial charge in [0.05, 0.1) is 5.39 Å². The lowest BCUT2D eigenvalue weighted by atomic mass is 10.2. The van der Waals surface area contributed by atoms with Crippen molar-refractivity contribution in [1.82, 2.24) is 0 Å². The lowest BCUT2D eigenvalue weighted by Gasteiger charge is -2.08. The van der Waals surface area contributed by atoms with Gasteiger partial charge in [0.15, 0.2) is 5.75 Å². The number of anilines is 1. The minimum Gasteiger partial charge on any atom is -0.452 e. The Morgan fingerprint density at radius 1 is 1.20 bits per heavy atom. The summed E-state index contributed by atoms with van der Waals surface area (Å²) in [5, 5.41) is 9.95. The first kappa shape index (κ1) is 12.1. The van der Waals surface area contributed by atoms with Gasteiger partial charge >= 0.3 is 0 Å². The lowest BCUT2D eigenvalue weighted by molar-refractivity contribution is 0.464. The summed E-state index contributed by atoms with van der Waals surface area (Å²) in [4.78, 5) is 0. The highest BCUT2D eigenvalue weighted by atomic mass is 16.5. The Morgan fingerprint density at radius 3 is 2.75 bits per heavy atom. The van der Waals surface area contributed by atoms with Crippen LogP contribution in [0.15, 0.2) is 46.9 Å². The average molecular weight is 264 g/mol. The highest BCUT2D eigenvalue weighted by molar-refractivity contribution is 5.86. The summed E-state index contributed by atoms with van der Waals surface area (Å²) in [6.45, 7) is 1.90. The van der Waals surface area contributed by atoms with E-state index >= 15 is 0 Å². The molecule has 0 saturated heterocycles. The average Bonchev–Trinajstić information content (AvgIpc) is 2.80. The predicted molar refractivity (Wildman–Crippen MR) is 76.6 cm³/mol. The monoisotopic (exact) mass is 264 g/mol. The number of ether oxygens (including phenoxy) is 1. The first-order chi connectivity index (χ1) is 9.69. The number of aryl methyl sites for hydroxylation is 1. The van der Waals surface area contributed by atoms with Crippen molar-refractivity contribution in [2.75, 3.05) is 5.73 Å². The molecule has 0 saturated carbocycles. The van der Waals surface area contributed by atoms with Crippen LogP contribution in [0.1, 0.15) is 11.3 Å². The standard InChI is InChI=1S/C16H12N2O2/c1-10-8-11(18)6-7-13(10)20-16-12-4-2-3-5-14(12)19-15(16)9-17/h2-8H,18H2,1H3. The van der Waals surface area contributed by atoms with Crippen LogP contribution >= 0.6 is 0 Å². The number of nitrogens with two attached hydrogens (primary N) is 1. The van der Waals surface area contributed by atoms with E-state index < -0.39 is 0 Å². The molecule has 4 heteroatoms. The molecule has 0 amide bonds. The van der Waals surface area contributed by atoms with Gasteiger partial charge in [-0.05, 0) is 42.8 Å². The molecule has 0 radical (unpaired) electrons. The van der Waals surface area contributed by atoms with Crippen LogP contribution in [-0.4, -0.2) is 0 Å². The van der Waals surface area contributed by atoms with E-state index in [4.69, 9.17) is 20.1 Å². The van der Waals surface area contributed by atoms with E-state index in [0.717, 1.165) is 10.9 Å². The van der Waals surface area contributed by atoms with Gasteiger partial charge in [-0.15, -0.1) is 0 Å². The normalized spacial score (nSPS) is 10.4. The zero-order valence-corrected chi connectivity index (χ0v) is 10.9.